The number of hydrogen-bond acceptors (Lipinski definition) is 16. The van der Waals surface area contributed by atoms with E-state index in [1.807, 2.05) is 0 Å². The number of aliphatic carboxylic acids is 3. The molecule has 0 aromatic carbocycles. The molecule has 0 fully saturated rings. The van der Waals surface area contributed by atoms with Gasteiger partial charge in [-0.2, -0.15) is 0 Å². The van der Waals surface area contributed by atoms with E-state index in [1.165, 1.54) is 327 Å². The van der Waals surface area contributed by atoms with Gasteiger partial charge >= 0.3 is 136 Å². The molecule has 746 valence electrons. The summed E-state index contributed by atoms with van der Waals surface area (Å²) in [5.74, 6) is -3.63. The predicted octanol–water partition coefficient (Wildman–Crippen LogP) is 17.3. The number of carbonyl (C=O) groups is 6. The van der Waals surface area contributed by atoms with E-state index in [0.717, 1.165) is 148 Å². The molecule has 0 amide bonds. The summed E-state index contributed by atoms with van der Waals surface area (Å²) >= 11 is 0. The van der Waals surface area contributed by atoms with E-state index in [-0.39, 0.29) is 189 Å². The first-order chi connectivity index (χ1) is 61.1. The van der Waals surface area contributed by atoms with Crippen molar-refractivity contribution in [3.05, 3.63) is 72.9 Å². The summed E-state index contributed by atoms with van der Waals surface area (Å²) < 4.78 is 16.8. The molecule has 0 bridgehead atoms. The summed E-state index contributed by atoms with van der Waals surface area (Å²) in [5, 5.41) is 54.6. The maximum atomic E-state index is 12.8. The molecule has 0 aliphatic heterocycles. The van der Waals surface area contributed by atoms with Crippen molar-refractivity contribution in [1.29, 1.82) is 0 Å². The Balaban J connectivity index is -0.000000185. The minimum atomic E-state index is -0.954. The van der Waals surface area contributed by atoms with Crippen LogP contribution in [0.5, 0.6) is 0 Å². The summed E-state index contributed by atoms with van der Waals surface area (Å²) in [5.41, 5.74) is 0. The van der Waals surface area contributed by atoms with Crippen LogP contribution in [-0.4, -0.2) is 95.2 Å². The number of unbranched alkanes of at least 4 members (excludes halogenated alkanes) is 62. The Bertz CT molecular complexity index is 2380. The van der Waals surface area contributed by atoms with Crippen molar-refractivity contribution in [2.75, 3.05) is 26.4 Å². The SMILES string of the molecule is CCCCC/C=C\C/C=C\CCCCCCCC(=O)OCC(COC(=O)CCCCCCCCCCCCCCC)OC(=O)CCCCCCC/C=C\CCCCCCCC.CCCCC/C=C\C/C=C\CCCCCCCC(=O)[O-].CCCCCCCC/C=C\CCCCCCCC(=O)[O-].CCCCCCCCCCCCCCCC(=O)[O-].OCC(O)CO.[2HH].[Na+].[Na+].[Na+].[Na+].[OH-]. The molecule has 1 atom stereocenters. The standard InChI is InChI=1S/C55H100O6.C18H34O2.C18H32O2.C16H32O2.C3H8O3.4Na.H2O.H2/c1-4-7-10-13-16-19-22-25-27-30-33-36-39-42-45-48-54(57)60-51-52(50-59-53(56)47-44-41-38-35-32-29-24-21-18-15-12-9-6-3)61-55(58)49-46-43-40-37-34-31-28-26-23-20-17-14-11-8-5-2;2*1-2-3-4-5-6-7-8-9-10-11-12-13-14-15-16-17-18(19)20;1-2-3-4-5-6-7-8-9-10-11-12-13-14-15-16(17)18;4-1-3(6)2-5;;;;;;/h16,19,25-28,52H,4-15,17-18,20-24,29-51H2,1-3H3;9-10H,2-8,11-17H2,1H3,(H,19,20);6-7,9-10H,2-5,8,11-17H2,1H3,(H,19,20);2-15H2,1H3,(H,17,18);3-6H,1-2H2;;;;;1H2;1H/q;;;;;4*+1;;/p-4/b19-16-,27-25-,28-26-;10-9-;7-6-,10-9-;;;;;;;;/i;;;;;;;;;;1+1. The van der Waals surface area contributed by atoms with Crippen LogP contribution in [0.15, 0.2) is 72.9 Å². The first-order valence-corrected chi connectivity index (χ1v) is 53.0. The number of hydrogen-bond donors (Lipinski definition) is 3. The van der Waals surface area contributed by atoms with E-state index in [1.54, 1.807) is 0 Å². The van der Waals surface area contributed by atoms with Gasteiger partial charge in [0.05, 0.1) is 13.2 Å². The summed E-state index contributed by atoms with van der Waals surface area (Å²) in [6.07, 6.45) is 117. The third-order valence-electron chi connectivity index (χ3n) is 22.5. The third-order valence-corrected chi connectivity index (χ3v) is 22.5. The van der Waals surface area contributed by atoms with Gasteiger partial charge in [-0.3, -0.25) is 14.4 Å². The number of allylic oxidation sites excluding steroid dienone is 12. The quantitative estimate of drug-likeness (QED) is 0.0168. The maximum Gasteiger partial charge on any atom is 1.00 e. The Labute approximate surface area is 892 Å². The Kier molecular flexibility index (Phi) is 159. The fourth-order valence-corrected chi connectivity index (χ4v) is 14.4. The zero-order valence-electron chi connectivity index (χ0n) is 87.2. The first-order valence-electron chi connectivity index (χ1n) is 53.0. The van der Waals surface area contributed by atoms with E-state index < -0.39 is 30.1 Å². The van der Waals surface area contributed by atoms with Gasteiger partial charge < -0.3 is 64.7 Å². The van der Waals surface area contributed by atoms with E-state index in [2.05, 4.69) is 114 Å². The van der Waals surface area contributed by atoms with Gasteiger partial charge in [0.25, 0.3) is 0 Å². The van der Waals surface area contributed by atoms with Crippen molar-refractivity contribution in [2.24, 2.45) is 0 Å². The molecular formula is C110H206Na4O16. The van der Waals surface area contributed by atoms with Gasteiger partial charge in [0.1, 0.15) is 19.3 Å². The van der Waals surface area contributed by atoms with Crippen LogP contribution in [0.2, 0.25) is 0 Å². The van der Waals surface area contributed by atoms with E-state index in [0.29, 0.717) is 19.3 Å². The van der Waals surface area contributed by atoms with Crippen LogP contribution in [0.1, 0.15) is 557 Å². The van der Waals surface area contributed by atoms with Crippen molar-refractivity contribution < 1.29 is 199 Å². The molecule has 0 saturated carbocycles. The van der Waals surface area contributed by atoms with Gasteiger partial charge in [-0.1, -0.05) is 435 Å². The molecule has 16 nitrogen and oxygen atoms in total. The average Bonchev–Trinajstić information content (AvgIpc) is 0.940. The van der Waals surface area contributed by atoms with Crippen molar-refractivity contribution in [3.63, 3.8) is 0 Å². The van der Waals surface area contributed by atoms with Crippen molar-refractivity contribution in [3.8, 4) is 0 Å². The molecule has 0 saturated heterocycles. The zero-order valence-corrected chi connectivity index (χ0v) is 95.2. The van der Waals surface area contributed by atoms with E-state index >= 15 is 0 Å². The molecule has 0 aliphatic carbocycles. The second-order valence-electron chi connectivity index (χ2n) is 35.2. The largest absolute Gasteiger partial charge is 1.00 e. The number of carboxylic acid groups (broad SMARTS) is 3. The molecule has 0 aromatic rings. The molecule has 0 aliphatic rings. The van der Waals surface area contributed by atoms with Crippen LogP contribution in [0.4, 0.5) is 0 Å². The van der Waals surface area contributed by atoms with Crippen LogP contribution in [-0.2, 0) is 43.0 Å². The second-order valence-corrected chi connectivity index (χ2v) is 35.2. The number of esters is 3. The average molecular weight is 1880 g/mol. The van der Waals surface area contributed by atoms with Crippen LogP contribution in [0.3, 0.4) is 0 Å². The van der Waals surface area contributed by atoms with Gasteiger partial charge in [0, 0.05) is 38.6 Å². The van der Waals surface area contributed by atoms with Crippen LogP contribution in [0.25, 0.3) is 0 Å². The van der Waals surface area contributed by atoms with Gasteiger partial charge in [0.2, 0.25) is 0 Å². The van der Waals surface area contributed by atoms with E-state index in [4.69, 9.17) is 29.5 Å². The minimum absolute atomic E-state index is 0. The van der Waals surface area contributed by atoms with Crippen LogP contribution >= 0.6 is 0 Å². The maximum absolute atomic E-state index is 12.8. The predicted molar refractivity (Wildman–Crippen MR) is 529 cm³/mol. The first kappa shape index (κ1) is 149. The van der Waals surface area contributed by atoms with Crippen molar-refractivity contribution >= 4 is 35.8 Å². The van der Waals surface area contributed by atoms with Crippen molar-refractivity contribution in [2.45, 2.75) is 567 Å². The van der Waals surface area contributed by atoms with Gasteiger partial charge in [-0.05, 0) is 173 Å². The Morgan fingerprint density at radius 2 is 0.392 bits per heavy atom. The minimum Gasteiger partial charge on any atom is -0.870 e. The van der Waals surface area contributed by atoms with Gasteiger partial charge in [0.15, 0.2) is 6.10 Å². The Morgan fingerprint density at radius 1 is 0.238 bits per heavy atom. The molecule has 4 N–H and O–H groups in total. The third kappa shape index (κ3) is 153. The molecule has 0 rings (SSSR count). The van der Waals surface area contributed by atoms with Gasteiger partial charge in [-0.15, -0.1) is 0 Å². The molecule has 0 aromatic heterocycles. The molecule has 0 spiro atoms. The Morgan fingerprint density at radius 3 is 0.577 bits per heavy atom. The number of carbonyl (C=O) groups excluding carboxylic acids is 6. The second kappa shape index (κ2) is 139. The smallest absolute Gasteiger partial charge is 0.870 e. The summed E-state index contributed by atoms with van der Waals surface area (Å²) in [7, 11) is 0. The number of carboxylic acids is 3. The molecule has 0 heterocycles. The summed E-state index contributed by atoms with van der Waals surface area (Å²) in [4.78, 5) is 68.6. The number of ether oxygens (including phenoxy) is 3. The Hall–Kier alpha value is -0.900. The fraction of sp³-hybridized carbons (Fsp3) is 0.836. The fourth-order valence-electron chi connectivity index (χ4n) is 14.4. The van der Waals surface area contributed by atoms with Crippen LogP contribution < -0.4 is 134 Å². The van der Waals surface area contributed by atoms with Crippen molar-refractivity contribution in [1.82, 2.24) is 0 Å². The monoisotopic (exact) mass is 1880 g/mol. The van der Waals surface area contributed by atoms with Gasteiger partial charge in [-0.25, -0.2) is 0 Å². The topological polar surface area (TPSA) is 290 Å². The molecular weight excluding hydrogens is 1670 g/mol. The molecule has 1 unspecified atom stereocenters. The summed E-state index contributed by atoms with van der Waals surface area (Å²) in [6, 6.07) is 0. The molecule has 0 radical (unpaired) electrons. The zero-order chi connectivity index (χ0) is 92.6. The number of rotatable bonds is 93. The van der Waals surface area contributed by atoms with E-state index in [9.17, 15) is 44.1 Å². The number of aliphatic hydroxyl groups excluding tert-OH is 3. The van der Waals surface area contributed by atoms with Crippen LogP contribution in [0, 0.1) is 0 Å². The number of aliphatic hydroxyl groups is 3. The molecule has 20 heteroatoms. The summed E-state index contributed by atoms with van der Waals surface area (Å²) in [6.45, 7) is 12.6. The molecule has 130 heavy (non-hydrogen) atoms. The normalized spacial score (nSPS) is 11.2.